The monoisotopic (exact) mass is 566 g/mol. The molecule has 194 valence electrons. The number of hydrogen-bond donors (Lipinski definition) is 2. The number of ether oxygens (including phenoxy) is 1. The van der Waals surface area contributed by atoms with E-state index in [1.165, 1.54) is 17.6 Å². The number of nitrogens with one attached hydrogen (secondary N) is 1. The Hall–Kier alpha value is -3.60. The van der Waals surface area contributed by atoms with Crippen LogP contribution in [0.5, 0.6) is 0 Å². The van der Waals surface area contributed by atoms with E-state index in [0.29, 0.717) is 11.4 Å². The molecule has 1 amide bonds. The van der Waals surface area contributed by atoms with Crippen molar-refractivity contribution in [3.63, 3.8) is 0 Å². The van der Waals surface area contributed by atoms with E-state index < -0.39 is 24.0 Å². The van der Waals surface area contributed by atoms with Gasteiger partial charge in [-0.2, -0.15) is 4.37 Å². The van der Waals surface area contributed by atoms with Crippen molar-refractivity contribution in [2.24, 2.45) is 0 Å². The zero-order chi connectivity index (χ0) is 27.0. The smallest absolute Gasteiger partial charge is 0.412 e. The van der Waals surface area contributed by atoms with Gasteiger partial charge < -0.3 is 9.84 Å². The molecule has 0 radical (unpaired) electrons. The van der Waals surface area contributed by atoms with Gasteiger partial charge in [-0.1, -0.05) is 36.4 Å². The number of carbonyl (C=O) groups excluding carboxylic acids is 1. The van der Waals surface area contributed by atoms with Crippen molar-refractivity contribution >= 4 is 61.4 Å². The minimum Gasteiger partial charge on any atom is -0.481 e. The molecule has 0 aliphatic heterocycles. The number of anilines is 1. The molecule has 2 N–H and O–H groups in total. The van der Waals surface area contributed by atoms with E-state index in [-0.39, 0.29) is 12.0 Å². The number of aromatic nitrogens is 1. The Morgan fingerprint density at radius 1 is 1.05 bits per heavy atom. The average molecular weight is 567 g/mol. The van der Waals surface area contributed by atoms with Crippen molar-refractivity contribution in [1.82, 2.24) is 4.37 Å². The Labute approximate surface area is 230 Å². The normalized spacial score (nSPS) is 12.0. The van der Waals surface area contributed by atoms with E-state index in [0.717, 1.165) is 40.7 Å². The molecule has 5 rings (SSSR count). The molecular formula is C28H23FN2O4S3. The standard InChI is InChI=1S/C28H23FN2O4S3/c1-14-9-18(10-25(32)33)20(29)11-19(14)21-12-22-23(36-21)13-24(37-22)27-26(15(2)31-38-27)30-28(34)35-16(3)17-7-5-4-6-8-17/h4-9,11-13,16H,10H2,1-3H3,(H,30,34)(H,32,33)/t16-/m1/s1. The van der Waals surface area contributed by atoms with Crippen LogP contribution in [-0.2, 0) is 16.0 Å². The van der Waals surface area contributed by atoms with Gasteiger partial charge in [-0.05, 0) is 72.8 Å². The molecule has 0 fully saturated rings. The lowest BCUT2D eigenvalue weighted by Crippen LogP contribution is -2.16. The number of amides is 1. The number of hydrogen-bond acceptors (Lipinski definition) is 7. The number of halogens is 1. The largest absolute Gasteiger partial charge is 0.481 e. The molecule has 6 nitrogen and oxygen atoms in total. The van der Waals surface area contributed by atoms with Crippen LogP contribution >= 0.6 is 34.2 Å². The molecule has 1 atom stereocenters. The highest BCUT2D eigenvalue weighted by Gasteiger charge is 2.21. The van der Waals surface area contributed by atoms with Gasteiger partial charge in [0.05, 0.1) is 27.6 Å². The van der Waals surface area contributed by atoms with Crippen LogP contribution in [0.15, 0.2) is 54.6 Å². The quantitative estimate of drug-likeness (QED) is 0.206. The van der Waals surface area contributed by atoms with E-state index in [2.05, 4.69) is 15.8 Å². The minimum absolute atomic E-state index is 0.177. The van der Waals surface area contributed by atoms with Gasteiger partial charge in [0.15, 0.2) is 0 Å². The first-order chi connectivity index (χ1) is 18.2. The lowest BCUT2D eigenvalue weighted by atomic mass is 10.0. The molecule has 0 unspecified atom stereocenters. The SMILES string of the molecule is Cc1cc(CC(=O)O)c(F)cc1-c1cc2sc(-c3snc(C)c3NC(=O)O[C@H](C)c3ccccc3)cc2s1. The summed E-state index contributed by atoms with van der Waals surface area (Å²) in [6.45, 7) is 5.53. The van der Waals surface area contributed by atoms with Crippen LogP contribution in [0.1, 0.15) is 35.4 Å². The van der Waals surface area contributed by atoms with Crippen molar-refractivity contribution < 1.29 is 23.8 Å². The Balaban J connectivity index is 1.37. The predicted octanol–water partition coefficient (Wildman–Crippen LogP) is 8.45. The molecule has 3 heterocycles. The number of rotatable bonds is 7. The third-order valence-electron chi connectivity index (χ3n) is 6.07. The molecule has 3 aromatic heterocycles. The second kappa shape index (κ2) is 10.6. The number of carboxylic acids is 1. The average Bonchev–Trinajstić information content (AvgIpc) is 3.55. The fourth-order valence-corrected chi connectivity index (χ4v) is 7.57. The van der Waals surface area contributed by atoms with Crippen LogP contribution in [0.2, 0.25) is 0 Å². The van der Waals surface area contributed by atoms with Crippen LogP contribution in [0.25, 0.3) is 29.6 Å². The minimum atomic E-state index is -1.06. The number of fused-ring (bicyclic) bond motifs is 1. The number of benzene rings is 2. The van der Waals surface area contributed by atoms with Gasteiger partial charge in [0, 0.05) is 14.3 Å². The van der Waals surface area contributed by atoms with Gasteiger partial charge in [0.2, 0.25) is 0 Å². The second-order valence-corrected chi connectivity index (χ2v) is 11.8. The van der Waals surface area contributed by atoms with Gasteiger partial charge in [-0.15, -0.1) is 22.7 Å². The third kappa shape index (κ3) is 5.33. The molecule has 0 bridgehead atoms. The molecule has 0 saturated carbocycles. The van der Waals surface area contributed by atoms with Gasteiger partial charge in [0.25, 0.3) is 0 Å². The molecule has 2 aromatic carbocycles. The summed E-state index contributed by atoms with van der Waals surface area (Å²) in [4.78, 5) is 26.4. The highest BCUT2D eigenvalue weighted by atomic mass is 32.1. The van der Waals surface area contributed by atoms with Crippen molar-refractivity contribution in [3.8, 4) is 20.2 Å². The topological polar surface area (TPSA) is 88.5 Å². The summed E-state index contributed by atoms with van der Waals surface area (Å²) in [7, 11) is 0. The summed E-state index contributed by atoms with van der Waals surface area (Å²) in [5, 5.41) is 11.9. The van der Waals surface area contributed by atoms with E-state index in [1.54, 1.807) is 28.7 Å². The van der Waals surface area contributed by atoms with Crippen molar-refractivity contribution in [2.75, 3.05) is 5.32 Å². The van der Waals surface area contributed by atoms with E-state index in [9.17, 15) is 14.0 Å². The number of carbonyl (C=O) groups is 2. The Morgan fingerprint density at radius 3 is 2.45 bits per heavy atom. The maximum Gasteiger partial charge on any atom is 0.412 e. The summed E-state index contributed by atoms with van der Waals surface area (Å²) < 4.78 is 26.7. The zero-order valence-corrected chi connectivity index (χ0v) is 23.2. The number of aliphatic carboxylic acids is 1. The Kier molecular flexibility index (Phi) is 7.29. The summed E-state index contributed by atoms with van der Waals surface area (Å²) in [5.41, 5.74) is 3.99. The fourth-order valence-electron chi connectivity index (χ4n) is 4.15. The first kappa shape index (κ1) is 26.0. The summed E-state index contributed by atoms with van der Waals surface area (Å²) in [6, 6.07) is 16.6. The first-order valence-electron chi connectivity index (χ1n) is 11.7. The molecule has 0 saturated heterocycles. The van der Waals surface area contributed by atoms with Crippen LogP contribution in [0, 0.1) is 19.7 Å². The second-order valence-electron chi connectivity index (χ2n) is 8.83. The Morgan fingerprint density at radius 2 is 1.74 bits per heavy atom. The van der Waals surface area contributed by atoms with Gasteiger partial charge in [-0.25, -0.2) is 9.18 Å². The Bertz CT molecular complexity index is 1620. The maximum absolute atomic E-state index is 14.6. The van der Waals surface area contributed by atoms with Gasteiger partial charge >= 0.3 is 12.1 Å². The third-order valence-corrected chi connectivity index (χ3v) is 9.52. The van der Waals surface area contributed by atoms with Gasteiger partial charge in [-0.3, -0.25) is 10.1 Å². The molecule has 10 heteroatoms. The van der Waals surface area contributed by atoms with Crippen LogP contribution in [0.4, 0.5) is 14.9 Å². The molecule has 5 aromatic rings. The summed E-state index contributed by atoms with van der Waals surface area (Å²) >= 11 is 4.42. The maximum atomic E-state index is 14.6. The van der Waals surface area contributed by atoms with Crippen molar-refractivity contribution in [1.29, 1.82) is 0 Å². The lowest BCUT2D eigenvalue weighted by Gasteiger charge is -2.14. The number of thiophene rings is 2. The van der Waals surface area contributed by atoms with Crippen molar-refractivity contribution in [2.45, 2.75) is 33.3 Å². The van der Waals surface area contributed by atoms with E-state index in [4.69, 9.17) is 9.84 Å². The number of nitrogens with zero attached hydrogens (tertiary/aromatic N) is 1. The highest BCUT2D eigenvalue weighted by molar-refractivity contribution is 7.32. The lowest BCUT2D eigenvalue weighted by molar-refractivity contribution is -0.136. The molecule has 0 aliphatic carbocycles. The van der Waals surface area contributed by atoms with Crippen LogP contribution < -0.4 is 5.32 Å². The van der Waals surface area contributed by atoms with Crippen LogP contribution in [-0.4, -0.2) is 21.5 Å². The van der Waals surface area contributed by atoms with E-state index in [1.807, 2.05) is 57.2 Å². The first-order valence-corrected chi connectivity index (χ1v) is 14.1. The van der Waals surface area contributed by atoms with E-state index >= 15 is 0 Å². The number of carboxylic acid groups (broad SMARTS) is 1. The molecule has 38 heavy (non-hydrogen) atoms. The van der Waals surface area contributed by atoms with Crippen molar-refractivity contribution in [3.05, 3.63) is 82.8 Å². The molecular weight excluding hydrogens is 544 g/mol. The molecule has 0 aliphatic rings. The zero-order valence-electron chi connectivity index (χ0n) is 20.7. The summed E-state index contributed by atoms with van der Waals surface area (Å²) in [5.74, 6) is -1.58. The fraction of sp³-hybridized carbons (Fsp3) is 0.179. The number of aryl methyl sites for hydroxylation is 2. The summed E-state index contributed by atoms with van der Waals surface area (Å²) in [6.07, 6.45) is -1.29. The predicted molar refractivity (Wildman–Crippen MR) is 152 cm³/mol. The van der Waals surface area contributed by atoms with Gasteiger partial charge in [0.1, 0.15) is 11.9 Å². The highest BCUT2D eigenvalue weighted by Crippen LogP contribution is 2.46. The molecule has 0 spiro atoms. The van der Waals surface area contributed by atoms with Crippen LogP contribution in [0.3, 0.4) is 0 Å².